The molecular weight excluding hydrogens is 258 g/mol. The second-order valence-corrected chi connectivity index (χ2v) is 5.09. The summed E-state index contributed by atoms with van der Waals surface area (Å²) in [7, 11) is 0. The molecule has 5 heteroatoms. The predicted molar refractivity (Wildman–Crippen MR) is 72.3 cm³/mol. The average Bonchev–Trinajstić information content (AvgIpc) is 2.33. The monoisotopic (exact) mass is 269 g/mol. The van der Waals surface area contributed by atoms with Crippen LogP contribution in [0.4, 0.5) is 0 Å². The molecule has 2 rings (SSSR count). The Labute approximate surface area is 107 Å². The Bertz CT molecular complexity index is 632. The Balaban J connectivity index is 2.49. The van der Waals surface area contributed by atoms with E-state index in [0.717, 1.165) is 28.9 Å². The van der Waals surface area contributed by atoms with Gasteiger partial charge >= 0.3 is 4.87 Å². The van der Waals surface area contributed by atoms with E-state index in [-0.39, 0.29) is 10.4 Å². The van der Waals surface area contributed by atoms with Crippen LogP contribution in [0.5, 0.6) is 0 Å². The summed E-state index contributed by atoms with van der Waals surface area (Å²) in [6.07, 6.45) is 1.56. The van der Waals surface area contributed by atoms with E-state index < -0.39 is 0 Å². The molecule has 1 aromatic heterocycles. The first-order valence-electron chi connectivity index (χ1n) is 5.42. The van der Waals surface area contributed by atoms with Crippen LogP contribution in [-0.4, -0.2) is 10.4 Å². The van der Waals surface area contributed by atoms with Crippen LogP contribution >= 0.6 is 22.9 Å². The van der Waals surface area contributed by atoms with Crippen molar-refractivity contribution in [3.63, 3.8) is 0 Å². The maximum Gasteiger partial charge on any atom is 0.310 e. The van der Waals surface area contributed by atoms with Crippen LogP contribution in [0, 0.1) is 0 Å². The Kier molecular flexibility index (Phi) is 3.97. The van der Waals surface area contributed by atoms with Crippen LogP contribution in [0.25, 0.3) is 10.1 Å². The minimum Gasteiger partial charge on any atom is -0.269 e. The molecule has 2 aromatic rings. The van der Waals surface area contributed by atoms with Gasteiger partial charge < -0.3 is 0 Å². The van der Waals surface area contributed by atoms with E-state index in [4.69, 9.17) is 11.6 Å². The van der Waals surface area contributed by atoms with Gasteiger partial charge in [0.25, 0.3) is 5.56 Å². The lowest BCUT2D eigenvalue weighted by Gasteiger charge is -2.04. The third-order valence-corrected chi connectivity index (χ3v) is 3.78. The summed E-state index contributed by atoms with van der Waals surface area (Å²) in [5, 5.41) is 0.614. The van der Waals surface area contributed by atoms with Gasteiger partial charge in [0.05, 0.1) is 5.39 Å². The number of alkyl halides is 1. The number of nitrogens with zero attached hydrogens (tertiary/aromatic N) is 1. The lowest BCUT2D eigenvalue weighted by molar-refractivity contribution is 0.610. The van der Waals surface area contributed by atoms with Crippen LogP contribution < -0.4 is 10.4 Å². The quantitative estimate of drug-likeness (QED) is 0.632. The first-order valence-corrected chi connectivity index (χ1v) is 6.78. The van der Waals surface area contributed by atoms with E-state index in [1.54, 1.807) is 12.1 Å². The smallest absolute Gasteiger partial charge is 0.269 e. The van der Waals surface area contributed by atoms with Crippen molar-refractivity contribution in [2.75, 3.05) is 5.88 Å². The van der Waals surface area contributed by atoms with Crippen molar-refractivity contribution in [3.05, 3.63) is 44.3 Å². The molecular formula is C12H12ClNO2S. The zero-order valence-corrected chi connectivity index (χ0v) is 10.8. The summed E-state index contributed by atoms with van der Waals surface area (Å²) in [5.74, 6) is 0.556. The summed E-state index contributed by atoms with van der Waals surface area (Å²) in [6.45, 7) is 0.450. The second kappa shape index (κ2) is 5.47. The van der Waals surface area contributed by atoms with Crippen LogP contribution in [0.2, 0.25) is 0 Å². The van der Waals surface area contributed by atoms with Crippen LogP contribution in [0.3, 0.4) is 0 Å². The van der Waals surface area contributed by atoms with Gasteiger partial charge in [0.2, 0.25) is 0 Å². The summed E-state index contributed by atoms with van der Waals surface area (Å²) in [6, 6.07) is 7.19. The predicted octanol–water partition coefficient (Wildman–Crippen LogP) is 2.44. The average molecular weight is 270 g/mol. The molecule has 1 aromatic carbocycles. The largest absolute Gasteiger partial charge is 0.310 e. The molecule has 0 atom stereocenters. The van der Waals surface area contributed by atoms with E-state index in [9.17, 15) is 9.59 Å². The molecule has 0 spiro atoms. The summed E-state index contributed by atoms with van der Waals surface area (Å²) >= 11 is 6.69. The SMILES string of the molecule is O=c1sc2ccccc2c(=O)n1CCCCCl. The number of rotatable bonds is 4. The minimum atomic E-state index is -0.195. The lowest BCUT2D eigenvalue weighted by atomic mass is 10.3. The fourth-order valence-corrected chi connectivity index (χ4v) is 2.74. The van der Waals surface area contributed by atoms with Crippen LogP contribution in [0.15, 0.2) is 33.9 Å². The van der Waals surface area contributed by atoms with Crippen molar-refractivity contribution in [2.24, 2.45) is 0 Å². The first-order chi connectivity index (χ1) is 8.24. The van der Waals surface area contributed by atoms with Gasteiger partial charge in [-0.2, -0.15) is 0 Å². The molecule has 0 aliphatic carbocycles. The van der Waals surface area contributed by atoms with E-state index in [1.807, 2.05) is 12.1 Å². The third kappa shape index (κ3) is 2.58. The van der Waals surface area contributed by atoms with Crippen molar-refractivity contribution >= 4 is 33.0 Å². The van der Waals surface area contributed by atoms with Crippen molar-refractivity contribution in [1.82, 2.24) is 4.57 Å². The molecule has 0 unspecified atom stereocenters. The maximum atomic E-state index is 12.1. The van der Waals surface area contributed by atoms with Crippen molar-refractivity contribution in [2.45, 2.75) is 19.4 Å². The van der Waals surface area contributed by atoms with Gasteiger partial charge in [0, 0.05) is 17.1 Å². The first kappa shape index (κ1) is 12.3. The van der Waals surface area contributed by atoms with Crippen molar-refractivity contribution in [3.8, 4) is 0 Å². The summed E-state index contributed by atoms with van der Waals surface area (Å²) in [5.41, 5.74) is -0.195. The van der Waals surface area contributed by atoms with E-state index in [1.165, 1.54) is 4.57 Å². The van der Waals surface area contributed by atoms with Gasteiger partial charge in [-0.15, -0.1) is 11.6 Å². The second-order valence-electron chi connectivity index (χ2n) is 3.72. The molecule has 0 saturated carbocycles. The van der Waals surface area contributed by atoms with E-state index in [0.29, 0.717) is 17.8 Å². The number of aromatic nitrogens is 1. The van der Waals surface area contributed by atoms with E-state index in [2.05, 4.69) is 0 Å². The molecule has 0 amide bonds. The fourth-order valence-electron chi connectivity index (χ4n) is 1.67. The zero-order valence-electron chi connectivity index (χ0n) is 9.19. The highest BCUT2D eigenvalue weighted by molar-refractivity contribution is 7.16. The van der Waals surface area contributed by atoms with Crippen molar-refractivity contribution in [1.29, 1.82) is 0 Å². The minimum absolute atomic E-state index is 0.191. The molecule has 0 saturated heterocycles. The number of halogens is 1. The molecule has 0 bridgehead atoms. The summed E-state index contributed by atoms with van der Waals surface area (Å²) < 4.78 is 2.05. The summed E-state index contributed by atoms with van der Waals surface area (Å²) in [4.78, 5) is 23.7. The highest BCUT2D eigenvalue weighted by Crippen LogP contribution is 2.10. The van der Waals surface area contributed by atoms with Crippen molar-refractivity contribution < 1.29 is 0 Å². The normalized spacial score (nSPS) is 10.9. The van der Waals surface area contributed by atoms with Gasteiger partial charge in [-0.05, 0) is 25.0 Å². The highest BCUT2D eigenvalue weighted by Gasteiger charge is 2.06. The molecule has 1 heterocycles. The molecule has 0 radical (unpaired) electrons. The lowest BCUT2D eigenvalue weighted by Crippen LogP contribution is -2.31. The van der Waals surface area contributed by atoms with Crippen LogP contribution in [-0.2, 0) is 6.54 Å². The Hall–Kier alpha value is -1.13. The Morgan fingerprint density at radius 2 is 1.94 bits per heavy atom. The number of hydrogen-bond donors (Lipinski definition) is 0. The topological polar surface area (TPSA) is 39.1 Å². The number of fused-ring (bicyclic) bond motifs is 1. The molecule has 17 heavy (non-hydrogen) atoms. The maximum absolute atomic E-state index is 12.1. The van der Waals surface area contributed by atoms with Gasteiger partial charge in [-0.25, -0.2) is 0 Å². The third-order valence-electron chi connectivity index (χ3n) is 2.55. The van der Waals surface area contributed by atoms with Crippen LogP contribution in [0.1, 0.15) is 12.8 Å². The standard InChI is InChI=1S/C12H12ClNO2S/c13-7-3-4-8-14-11(15)9-5-1-2-6-10(9)17-12(14)16/h1-2,5-6H,3-4,7-8H2. The molecule has 0 aliphatic heterocycles. The Morgan fingerprint density at radius 3 is 2.71 bits per heavy atom. The highest BCUT2D eigenvalue weighted by atomic mass is 35.5. The molecule has 0 fully saturated rings. The molecule has 3 nitrogen and oxygen atoms in total. The van der Waals surface area contributed by atoms with Gasteiger partial charge in [0.1, 0.15) is 0 Å². The van der Waals surface area contributed by atoms with Gasteiger partial charge in [-0.3, -0.25) is 14.2 Å². The zero-order chi connectivity index (χ0) is 12.3. The van der Waals surface area contributed by atoms with Gasteiger partial charge in [0.15, 0.2) is 0 Å². The molecule has 90 valence electrons. The molecule has 0 aliphatic rings. The van der Waals surface area contributed by atoms with Gasteiger partial charge in [-0.1, -0.05) is 23.5 Å². The number of hydrogen-bond acceptors (Lipinski definition) is 3. The number of benzene rings is 1. The Morgan fingerprint density at radius 1 is 1.18 bits per heavy atom. The fraction of sp³-hybridized carbons (Fsp3) is 0.333. The number of unbranched alkanes of at least 4 members (excludes halogenated alkanes) is 1. The molecule has 0 N–H and O–H groups in total. The van der Waals surface area contributed by atoms with E-state index >= 15 is 0 Å².